The second kappa shape index (κ2) is 5.57. The van der Waals surface area contributed by atoms with Crippen molar-refractivity contribution in [2.24, 2.45) is 0 Å². The van der Waals surface area contributed by atoms with Crippen LogP contribution in [0.2, 0.25) is 0 Å². The van der Waals surface area contributed by atoms with Crippen molar-refractivity contribution in [2.75, 3.05) is 11.9 Å². The second-order valence-electron chi connectivity index (χ2n) is 4.40. The monoisotopic (exact) mass is 247 g/mol. The number of rotatable bonds is 5. The van der Waals surface area contributed by atoms with Crippen LogP contribution in [-0.4, -0.2) is 26.7 Å². The molecule has 2 heterocycles. The van der Waals surface area contributed by atoms with E-state index in [0.29, 0.717) is 24.8 Å². The summed E-state index contributed by atoms with van der Waals surface area (Å²) in [4.78, 5) is 12.7. The summed E-state index contributed by atoms with van der Waals surface area (Å²) >= 11 is 0. The van der Waals surface area contributed by atoms with E-state index in [1.807, 2.05) is 26.8 Å². The standard InChI is InChI=1S/C12H17N5O/c1-8(2)11-16-10(18-17-11)5-7-14-12-13-6-4-9(3)15-12/h4,6,8H,5,7H2,1-3H3,(H,13,14,15). The van der Waals surface area contributed by atoms with Gasteiger partial charge in [-0.15, -0.1) is 0 Å². The van der Waals surface area contributed by atoms with E-state index in [1.165, 1.54) is 0 Å². The van der Waals surface area contributed by atoms with E-state index in [1.54, 1.807) is 6.20 Å². The highest BCUT2D eigenvalue weighted by Gasteiger charge is 2.09. The molecule has 2 rings (SSSR count). The molecule has 0 aliphatic carbocycles. The lowest BCUT2D eigenvalue weighted by Crippen LogP contribution is -2.08. The van der Waals surface area contributed by atoms with Gasteiger partial charge in [0.15, 0.2) is 5.82 Å². The maximum absolute atomic E-state index is 5.15. The minimum atomic E-state index is 0.288. The van der Waals surface area contributed by atoms with Gasteiger partial charge in [-0.1, -0.05) is 19.0 Å². The molecule has 6 heteroatoms. The molecule has 0 unspecified atom stereocenters. The largest absolute Gasteiger partial charge is 0.354 e. The third kappa shape index (κ3) is 3.26. The van der Waals surface area contributed by atoms with Crippen LogP contribution < -0.4 is 5.32 Å². The molecule has 2 aromatic rings. The topological polar surface area (TPSA) is 76.7 Å². The van der Waals surface area contributed by atoms with Crippen LogP contribution in [0.4, 0.5) is 5.95 Å². The highest BCUT2D eigenvalue weighted by molar-refractivity contribution is 5.24. The van der Waals surface area contributed by atoms with E-state index in [4.69, 9.17) is 4.52 Å². The molecule has 0 saturated heterocycles. The van der Waals surface area contributed by atoms with Crippen LogP contribution in [0, 0.1) is 6.92 Å². The third-order valence-electron chi connectivity index (χ3n) is 2.42. The molecule has 6 nitrogen and oxygen atoms in total. The summed E-state index contributed by atoms with van der Waals surface area (Å²) in [5.41, 5.74) is 0.937. The minimum absolute atomic E-state index is 0.288. The first kappa shape index (κ1) is 12.5. The summed E-state index contributed by atoms with van der Waals surface area (Å²) in [5, 5.41) is 7.03. The van der Waals surface area contributed by atoms with Crippen molar-refractivity contribution in [3.8, 4) is 0 Å². The van der Waals surface area contributed by atoms with Gasteiger partial charge < -0.3 is 9.84 Å². The number of nitrogens with zero attached hydrogens (tertiary/aromatic N) is 4. The van der Waals surface area contributed by atoms with E-state index in [2.05, 4.69) is 25.4 Å². The fraction of sp³-hybridized carbons (Fsp3) is 0.500. The lowest BCUT2D eigenvalue weighted by Gasteiger charge is -2.02. The lowest BCUT2D eigenvalue weighted by atomic mass is 10.2. The van der Waals surface area contributed by atoms with Crippen LogP contribution in [-0.2, 0) is 6.42 Å². The summed E-state index contributed by atoms with van der Waals surface area (Å²) in [6.07, 6.45) is 2.39. The molecular formula is C12H17N5O. The van der Waals surface area contributed by atoms with Crippen molar-refractivity contribution in [1.82, 2.24) is 20.1 Å². The van der Waals surface area contributed by atoms with Gasteiger partial charge in [-0.05, 0) is 13.0 Å². The van der Waals surface area contributed by atoms with Crippen molar-refractivity contribution < 1.29 is 4.52 Å². The Morgan fingerprint density at radius 1 is 1.33 bits per heavy atom. The second-order valence-corrected chi connectivity index (χ2v) is 4.40. The summed E-state index contributed by atoms with van der Waals surface area (Å²) in [7, 11) is 0. The molecule has 0 atom stereocenters. The molecule has 18 heavy (non-hydrogen) atoms. The molecule has 2 aromatic heterocycles. The molecular weight excluding hydrogens is 230 g/mol. The van der Waals surface area contributed by atoms with Crippen molar-refractivity contribution in [3.63, 3.8) is 0 Å². The number of anilines is 1. The van der Waals surface area contributed by atoms with Crippen molar-refractivity contribution >= 4 is 5.95 Å². The highest BCUT2D eigenvalue weighted by Crippen LogP contribution is 2.09. The summed E-state index contributed by atoms with van der Waals surface area (Å²) in [6.45, 7) is 6.67. The van der Waals surface area contributed by atoms with Gasteiger partial charge in [0.1, 0.15) is 0 Å². The normalized spacial score (nSPS) is 10.9. The number of nitrogens with one attached hydrogen (secondary N) is 1. The molecule has 0 saturated carbocycles. The number of hydrogen-bond acceptors (Lipinski definition) is 6. The molecule has 0 radical (unpaired) electrons. The predicted molar refractivity (Wildman–Crippen MR) is 67.3 cm³/mol. The van der Waals surface area contributed by atoms with Crippen molar-refractivity contribution in [3.05, 3.63) is 29.7 Å². The SMILES string of the molecule is Cc1ccnc(NCCc2nc(C(C)C)no2)n1. The summed E-state index contributed by atoms with van der Waals surface area (Å²) in [5.74, 6) is 2.30. The lowest BCUT2D eigenvalue weighted by molar-refractivity contribution is 0.373. The van der Waals surface area contributed by atoms with Gasteiger partial charge in [-0.2, -0.15) is 4.98 Å². The predicted octanol–water partition coefficient (Wildman–Crippen LogP) is 1.95. The van der Waals surface area contributed by atoms with Crippen LogP contribution in [0.1, 0.15) is 37.2 Å². The van der Waals surface area contributed by atoms with Gasteiger partial charge in [0.2, 0.25) is 11.8 Å². The van der Waals surface area contributed by atoms with Crippen LogP contribution in [0.15, 0.2) is 16.8 Å². The fourth-order valence-electron chi connectivity index (χ4n) is 1.42. The number of aromatic nitrogens is 4. The van der Waals surface area contributed by atoms with E-state index in [0.717, 1.165) is 11.5 Å². The smallest absolute Gasteiger partial charge is 0.228 e. The molecule has 96 valence electrons. The Bertz CT molecular complexity index is 509. The first-order valence-corrected chi connectivity index (χ1v) is 6.01. The fourth-order valence-corrected chi connectivity index (χ4v) is 1.42. The first-order valence-electron chi connectivity index (χ1n) is 6.01. The molecule has 0 amide bonds. The maximum atomic E-state index is 5.15. The van der Waals surface area contributed by atoms with Gasteiger partial charge in [-0.3, -0.25) is 0 Å². The van der Waals surface area contributed by atoms with Gasteiger partial charge in [0.25, 0.3) is 0 Å². The average Bonchev–Trinajstić information content (AvgIpc) is 2.78. The van der Waals surface area contributed by atoms with E-state index in [-0.39, 0.29) is 5.92 Å². The van der Waals surface area contributed by atoms with Crippen molar-refractivity contribution in [1.29, 1.82) is 0 Å². The van der Waals surface area contributed by atoms with E-state index < -0.39 is 0 Å². The van der Waals surface area contributed by atoms with E-state index >= 15 is 0 Å². The molecule has 0 aromatic carbocycles. The number of hydrogen-bond donors (Lipinski definition) is 1. The van der Waals surface area contributed by atoms with Crippen molar-refractivity contribution in [2.45, 2.75) is 33.1 Å². The van der Waals surface area contributed by atoms with Crippen LogP contribution in [0.25, 0.3) is 0 Å². The van der Waals surface area contributed by atoms with Crippen LogP contribution in [0.5, 0.6) is 0 Å². The minimum Gasteiger partial charge on any atom is -0.354 e. The average molecular weight is 247 g/mol. The molecule has 1 N–H and O–H groups in total. The Kier molecular flexibility index (Phi) is 3.86. The highest BCUT2D eigenvalue weighted by atomic mass is 16.5. The third-order valence-corrected chi connectivity index (χ3v) is 2.42. The van der Waals surface area contributed by atoms with Crippen LogP contribution in [0.3, 0.4) is 0 Å². The van der Waals surface area contributed by atoms with Gasteiger partial charge >= 0.3 is 0 Å². The molecule has 0 aliphatic heterocycles. The molecule has 0 spiro atoms. The molecule has 0 bridgehead atoms. The zero-order valence-electron chi connectivity index (χ0n) is 10.8. The Labute approximate surface area is 106 Å². The van der Waals surface area contributed by atoms with Gasteiger partial charge in [0.05, 0.1) is 0 Å². The Hall–Kier alpha value is -1.98. The van der Waals surface area contributed by atoms with Gasteiger partial charge in [0, 0.05) is 30.8 Å². The maximum Gasteiger partial charge on any atom is 0.228 e. The summed E-state index contributed by atoms with van der Waals surface area (Å²) < 4.78 is 5.15. The Balaban J connectivity index is 1.84. The first-order chi connectivity index (χ1) is 8.65. The van der Waals surface area contributed by atoms with E-state index in [9.17, 15) is 0 Å². The Morgan fingerprint density at radius 2 is 2.17 bits per heavy atom. The number of aryl methyl sites for hydroxylation is 1. The van der Waals surface area contributed by atoms with Gasteiger partial charge in [-0.25, -0.2) is 9.97 Å². The quantitative estimate of drug-likeness (QED) is 0.870. The summed E-state index contributed by atoms with van der Waals surface area (Å²) in [6, 6.07) is 1.86. The van der Waals surface area contributed by atoms with Crippen LogP contribution >= 0.6 is 0 Å². The zero-order chi connectivity index (χ0) is 13.0. The molecule has 0 aliphatic rings. The zero-order valence-corrected chi connectivity index (χ0v) is 10.8. The Morgan fingerprint density at radius 3 is 2.83 bits per heavy atom. The molecule has 0 fully saturated rings.